The average Bonchev–Trinajstić information content (AvgIpc) is 2.50. The summed E-state index contributed by atoms with van der Waals surface area (Å²) in [4.78, 5) is 0.600. The Kier molecular flexibility index (Phi) is 3.79. The minimum atomic E-state index is -1.33. The lowest BCUT2D eigenvalue weighted by molar-refractivity contribution is 0.171. The monoisotopic (exact) mass is 307 g/mol. The van der Waals surface area contributed by atoms with E-state index in [0.717, 1.165) is 0 Å². The average molecular weight is 307 g/mol. The molecule has 2 aromatic rings. The second-order valence-corrected chi connectivity index (χ2v) is 6.09. The highest BCUT2D eigenvalue weighted by Crippen LogP contribution is 2.32. The van der Waals surface area contributed by atoms with Gasteiger partial charge in [-0.2, -0.15) is 0 Å². The quantitative estimate of drug-likeness (QED) is 0.885. The first kappa shape index (κ1) is 13.9. The number of benzene rings is 2. The SMILES string of the molecule is Nc1ccc(F)cc1CS(=O)c1ccc2c(c1)OCCO2. The van der Waals surface area contributed by atoms with Crippen molar-refractivity contribution in [3.05, 3.63) is 47.8 Å². The number of rotatable bonds is 3. The second kappa shape index (κ2) is 5.73. The minimum absolute atomic E-state index is 0.156. The molecule has 1 heterocycles. The number of nitrogen functional groups attached to an aromatic ring is 1. The predicted molar refractivity (Wildman–Crippen MR) is 78.4 cm³/mol. The Morgan fingerprint density at radius 3 is 2.67 bits per heavy atom. The normalized spacial score (nSPS) is 14.7. The lowest BCUT2D eigenvalue weighted by Gasteiger charge is -2.18. The van der Waals surface area contributed by atoms with Crippen LogP contribution in [0.1, 0.15) is 5.56 Å². The number of hydrogen-bond donors (Lipinski definition) is 1. The maximum Gasteiger partial charge on any atom is 0.162 e. The summed E-state index contributed by atoms with van der Waals surface area (Å²) in [5.74, 6) is 0.994. The fraction of sp³-hybridized carbons (Fsp3) is 0.200. The van der Waals surface area contributed by atoms with Gasteiger partial charge in [-0.25, -0.2) is 4.39 Å². The Labute approximate surface area is 124 Å². The third-order valence-electron chi connectivity index (χ3n) is 3.17. The molecule has 2 N–H and O–H groups in total. The number of halogens is 1. The third kappa shape index (κ3) is 3.00. The summed E-state index contributed by atoms with van der Waals surface area (Å²) >= 11 is 0. The minimum Gasteiger partial charge on any atom is -0.486 e. The first-order valence-electron chi connectivity index (χ1n) is 6.45. The van der Waals surface area contributed by atoms with Gasteiger partial charge in [-0.3, -0.25) is 4.21 Å². The molecular weight excluding hydrogens is 293 g/mol. The molecule has 1 aliphatic heterocycles. The molecule has 0 radical (unpaired) electrons. The molecule has 0 aromatic heterocycles. The van der Waals surface area contributed by atoms with Crippen LogP contribution in [0, 0.1) is 5.82 Å². The molecule has 6 heteroatoms. The Morgan fingerprint density at radius 2 is 1.86 bits per heavy atom. The molecule has 3 rings (SSSR count). The van der Waals surface area contributed by atoms with E-state index in [4.69, 9.17) is 15.2 Å². The van der Waals surface area contributed by atoms with E-state index in [1.165, 1.54) is 18.2 Å². The third-order valence-corrected chi connectivity index (χ3v) is 4.52. The molecule has 1 unspecified atom stereocenters. The molecule has 0 aliphatic carbocycles. The molecule has 0 saturated carbocycles. The van der Waals surface area contributed by atoms with Crippen LogP contribution in [0.2, 0.25) is 0 Å². The van der Waals surface area contributed by atoms with Crippen molar-refractivity contribution in [3.8, 4) is 11.5 Å². The maximum atomic E-state index is 13.2. The van der Waals surface area contributed by atoms with E-state index in [0.29, 0.717) is 40.9 Å². The summed E-state index contributed by atoms with van der Waals surface area (Å²) in [6.45, 7) is 0.981. The summed E-state index contributed by atoms with van der Waals surface area (Å²) in [6.07, 6.45) is 0. The topological polar surface area (TPSA) is 61.6 Å². The van der Waals surface area contributed by atoms with Crippen molar-refractivity contribution in [1.29, 1.82) is 0 Å². The number of nitrogens with two attached hydrogens (primary N) is 1. The van der Waals surface area contributed by atoms with Crippen LogP contribution in [0.5, 0.6) is 11.5 Å². The summed E-state index contributed by atoms with van der Waals surface area (Å²) in [7, 11) is -1.33. The van der Waals surface area contributed by atoms with Crippen LogP contribution in [0.15, 0.2) is 41.3 Å². The molecule has 0 amide bonds. The van der Waals surface area contributed by atoms with Crippen molar-refractivity contribution in [1.82, 2.24) is 0 Å². The van der Waals surface area contributed by atoms with E-state index in [1.54, 1.807) is 18.2 Å². The van der Waals surface area contributed by atoms with Crippen LogP contribution >= 0.6 is 0 Å². The highest BCUT2D eigenvalue weighted by molar-refractivity contribution is 7.84. The molecule has 110 valence electrons. The van der Waals surface area contributed by atoms with Gasteiger partial charge in [0.25, 0.3) is 0 Å². The number of hydrogen-bond acceptors (Lipinski definition) is 4. The van der Waals surface area contributed by atoms with Crippen molar-refractivity contribution in [2.75, 3.05) is 18.9 Å². The fourth-order valence-corrected chi connectivity index (χ4v) is 3.25. The number of ether oxygens (including phenoxy) is 2. The van der Waals surface area contributed by atoms with Gasteiger partial charge in [-0.15, -0.1) is 0 Å². The molecule has 1 atom stereocenters. The zero-order valence-corrected chi connectivity index (χ0v) is 12.0. The molecule has 2 aromatic carbocycles. The second-order valence-electron chi connectivity index (χ2n) is 4.64. The van der Waals surface area contributed by atoms with Gasteiger partial charge in [0.1, 0.15) is 19.0 Å². The Hall–Kier alpha value is -2.08. The van der Waals surface area contributed by atoms with E-state index >= 15 is 0 Å². The Balaban J connectivity index is 1.83. The van der Waals surface area contributed by atoms with E-state index in [1.807, 2.05) is 0 Å². The van der Waals surface area contributed by atoms with Crippen molar-refractivity contribution in [2.45, 2.75) is 10.6 Å². The van der Waals surface area contributed by atoms with Gasteiger partial charge >= 0.3 is 0 Å². The predicted octanol–water partition coefficient (Wildman–Crippen LogP) is 2.49. The van der Waals surface area contributed by atoms with Crippen molar-refractivity contribution in [2.24, 2.45) is 0 Å². The van der Waals surface area contributed by atoms with Crippen LogP contribution in [0.25, 0.3) is 0 Å². The van der Waals surface area contributed by atoms with Crippen LogP contribution < -0.4 is 15.2 Å². The van der Waals surface area contributed by atoms with E-state index in [2.05, 4.69) is 0 Å². The molecule has 0 spiro atoms. The highest BCUT2D eigenvalue weighted by atomic mass is 32.2. The van der Waals surface area contributed by atoms with Crippen molar-refractivity contribution < 1.29 is 18.1 Å². The Bertz CT molecular complexity index is 705. The lowest BCUT2D eigenvalue weighted by Crippen LogP contribution is -2.15. The number of anilines is 1. The molecular formula is C15H14FNO3S. The zero-order valence-electron chi connectivity index (χ0n) is 11.2. The van der Waals surface area contributed by atoms with Crippen molar-refractivity contribution in [3.63, 3.8) is 0 Å². The van der Waals surface area contributed by atoms with Crippen LogP contribution in [0.4, 0.5) is 10.1 Å². The van der Waals surface area contributed by atoms with Crippen LogP contribution in [-0.2, 0) is 16.6 Å². The van der Waals surface area contributed by atoms with Crippen molar-refractivity contribution >= 4 is 16.5 Å². The lowest BCUT2D eigenvalue weighted by atomic mass is 10.2. The van der Waals surface area contributed by atoms with Gasteiger partial charge in [0.2, 0.25) is 0 Å². The van der Waals surface area contributed by atoms with E-state index < -0.39 is 16.6 Å². The van der Waals surface area contributed by atoms with Gasteiger partial charge < -0.3 is 15.2 Å². The molecule has 0 fully saturated rings. The highest BCUT2D eigenvalue weighted by Gasteiger charge is 2.15. The summed E-state index contributed by atoms with van der Waals surface area (Å²) < 4.78 is 36.5. The number of fused-ring (bicyclic) bond motifs is 1. The first-order valence-corrected chi connectivity index (χ1v) is 7.77. The van der Waals surface area contributed by atoms with Crippen LogP contribution in [0.3, 0.4) is 0 Å². The van der Waals surface area contributed by atoms with E-state index in [9.17, 15) is 8.60 Å². The van der Waals surface area contributed by atoms with Gasteiger partial charge in [-0.1, -0.05) is 0 Å². The van der Waals surface area contributed by atoms with Gasteiger partial charge in [-0.05, 0) is 35.9 Å². The fourth-order valence-electron chi connectivity index (χ4n) is 2.09. The molecule has 0 saturated heterocycles. The summed E-state index contributed by atoms with van der Waals surface area (Å²) in [5, 5.41) is 0. The largest absolute Gasteiger partial charge is 0.486 e. The van der Waals surface area contributed by atoms with Gasteiger partial charge in [0.05, 0.1) is 16.6 Å². The molecule has 0 bridgehead atoms. The van der Waals surface area contributed by atoms with Gasteiger partial charge in [0.15, 0.2) is 11.5 Å². The van der Waals surface area contributed by atoms with Gasteiger partial charge in [0, 0.05) is 16.6 Å². The molecule has 4 nitrogen and oxygen atoms in total. The van der Waals surface area contributed by atoms with E-state index in [-0.39, 0.29) is 5.75 Å². The smallest absolute Gasteiger partial charge is 0.162 e. The van der Waals surface area contributed by atoms with Crippen LogP contribution in [-0.4, -0.2) is 17.4 Å². The summed E-state index contributed by atoms with van der Waals surface area (Å²) in [5.41, 5.74) is 6.74. The Morgan fingerprint density at radius 1 is 1.10 bits per heavy atom. The molecule has 21 heavy (non-hydrogen) atoms. The maximum absolute atomic E-state index is 13.2. The summed E-state index contributed by atoms with van der Waals surface area (Å²) in [6, 6.07) is 9.22. The first-order chi connectivity index (χ1) is 10.1. The molecule has 1 aliphatic rings. The standard InChI is InChI=1S/C15H14FNO3S/c16-11-1-3-13(17)10(7-11)9-21(18)12-2-4-14-15(8-12)20-6-5-19-14/h1-4,7-8H,5-6,9,17H2. The zero-order chi connectivity index (χ0) is 14.8.